The fourth-order valence-corrected chi connectivity index (χ4v) is 3.23. The Morgan fingerprint density at radius 2 is 1.95 bits per heavy atom. The van der Waals surface area contributed by atoms with Gasteiger partial charge in [-0.15, -0.1) is 10.2 Å². The maximum absolute atomic E-state index is 5.88. The van der Waals surface area contributed by atoms with Gasteiger partial charge in [0.15, 0.2) is 5.16 Å². The highest BCUT2D eigenvalue weighted by Gasteiger charge is 2.36. The Morgan fingerprint density at radius 1 is 1.14 bits per heavy atom. The fraction of sp³-hybridized carbons (Fsp3) is 0.583. The third-order valence-corrected chi connectivity index (χ3v) is 4.47. The van der Waals surface area contributed by atoms with Crippen molar-refractivity contribution in [2.75, 3.05) is 7.11 Å². The van der Waals surface area contributed by atoms with Crippen LogP contribution in [0.1, 0.15) is 43.5 Å². The van der Waals surface area contributed by atoms with Crippen LogP contribution in [0, 0.1) is 0 Å². The van der Waals surface area contributed by atoms with E-state index >= 15 is 0 Å². The standard InChI is InChI=1S/C12H13ClN6OS/c1-20-10-14-9(13)15-11(16-10)21-12-18-17-8(6-2-3-6)19(12)7-4-5-7/h6-7H,2-5H2,1H3. The van der Waals surface area contributed by atoms with Crippen LogP contribution in [0.25, 0.3) is 0 Å². The first kappa shape index (κ1) is 13.3. The maximum Gasteiger partial charge on any atom is 0.321 e. The van der Waals surface area contributed by atoms with Crippen LogP contribution in [0.3, 0.4) is 0 Å². The molecular weight excluding hydrogens is 312 g/mol. The smallest absolute Gasteiger partial charge is 0.321 e. The van der Waals surface area contributed by atoms with Crippen LogP contribution < -0.4 is 4.74 Å². The molecule has 2 aliphatic rings. The second kappa shape index (κ2) is 5.10. The molecule has 110 valence electrons. The quantitative estimate of drug-likeness (QED) is 0.836. The number of hydrogen-bond donors (Lipinski definition) is 0. The van der Waals surface area contributed by atoms with Crippen molar-refractivity contribution in [3.63, 3.8) is 0 Å². The lowest BCUT2D eigenvalue weighted by Crippen LogP contribution is -2.03. The number of ether oxygens (including phenoxy) is 1. The Morgan fingerprint density at radius 3 is 2.62 bits per heavy atom. The number of rotatable bonds is 5. The van der Waals surface area contributed by atoms with Gasteiger partial charge in [-0.25, -0.2) is 0 Å². The lowest BCUT2D eigenvalue weighted by atomic mass is 10.4. The van der Waals surface area contributed by atoms with Gasteiger partial charge in [-0.1, -0.05) is 0 Å². The molecule has 0 aromatic carbocycles. The van der Waals surface area contributed by atoms with Crippen molar-refractivity contribution in [1.82, 2.24) is 29.7 Å². The fourth-order valence-electron chi connectivity index (χ4n) is 2.19. The first-order chi connectivity index (χ1) is 10.2. The Kier molecular flexibility index (Phi) is 3.22. The summed E-state index contributed by atoms with van der Waals surface area (Å²) in [6.07, 6.45) is 4.79. The van der Waals surface area contributed by atoms with Gasteiger partial charge in [0.2, 0.25) is 10.4 Å². The van der Waals surface area contributed by atoms with Gasteiger partial charge in [0.25, 0.3) is 0 Å². The summed E-state index contributed by atoms with van der Waals surface area (Å²) < 4.78 is 7.26. The van der Waals surface area contributed by atoms with E-state index in [0.29, 0.717) is 17.1 Å². The van der Waals surface area contributed by atoms with Crippen molar-refractivity contribution in [3.8, 4) is 6.01 Å². The molecule has 2 saturated carbocycles. The molecule has 7 nitrogen and oxygen atoms in total. The van der Waals surface area contributed by atoms with Gasteiger partial charge in [0, 0.05) is 12.0 Å². The van der Waals surface area contributed by atoms with Crippen LogP contribution >= 0.6 is 23.4 Å². The third-order valence-electron chi connectivity index (χ3n) is 3.48. The molecule has 0 saturated heterocycles. The maximum atomic E-state index is 5.88. The molecule has 2 aromatic rings. The highest BCUT2D eigenvalue weighted by molar-refractivity contribution is 7.99. The molecule has 0 N–H and O–H groups in total. The van der Waals surface area contributed by atoms with E-state index in [9.17, 15) is 0 Å². The Bertz CT molecular complexity index is 684. The van der Waals surface area contributed by atoms with E-state index in [2.05, 4.69) is 29.7 Å². The van der Waals surface area contributed by atoms with Crippen LogP contribution in [0.15, 0.2) is 10.3 Å². The molecular formula is C12H13ClN6OS. The second-order valence-electron chi connectivity index (χ2n) is 5.19. The molecule has 0 unspecified atom stereocenters. The second-order valence-corrected chi connectivity index (χ2v) is 6.46. The Labute approximate surface area is 130 Å². The van der Waals surface area contributed by atoms with Crippen molar-refractivity contribution in [2.24, 2.45) is 0 Å². The number of nitrogens with zero attached hydrogens (tertiary/aromatic N) is 6. The molecule has 0 amide bonds. The monoisotopic (exact) mass is 324 g/mol. The minimum Gasteiger partial charge on any atom is -0.467 e. The highest BCUT2D eigenvalue weighted by atomic mass is 35.5. The van der Waals surface area contributed by atoms with Crippen LogP contribution in [0.4, 0.5) is 0 Å². The normalized spacial score (nSPS) is 18.0. The molecule has 0 aliphatic heterocycles. The van der Waals surface area contributed by atoms with Crippen LogP contribution in [0.5, 0.6) is 6.01 Å². The van der Waals surface area contributed by atoms with Gasteiger partial charge in [-0.05, 0) is 49.0 Å². The molecule has 9 heteroatoms. The summed E-state index contributed by atoms with van der Waals surface area (Å²) in [7, 11) is 1.50. The predicted molar refractivity (Wildman–Crippen MR) is 75.8 cm³/mol. The van der Waals surface area contributed by atoms with Crippen molar-refractivity contribution in [3.05, 3.63) is 11.1 Å². The summed E-state index contributed by atoms with van der Waals surface area (Å²) >= 11 is 7.23. The van der Waals surface area contributed by atoms with E-state index in [1.807, 2.05) is 0 Å². The van der Waals surface area contributed by atoms with E-state index in [1.54, 1.807) is 0 Å². The van der Waals surface area contributed by atoms with Gasteiger partial charge in [0.05, 0.1) is 7.11 Å². The minimum atomic E-state index is 0.115. The van der Waals surface area contributed by atoms with Crippen LogP contribution in [0.2, 0.25) is 5.28 Å². The van der Waals surface area contributed by atoms with Crippen molar-refractivity contribution in [1.29, 1.82) is 0 Å². The zero-order valence-electron chi connectivity index (χ0n) is 11.4. The van der Waals surface area contributed by atoms with Crippen molar-refractivity contribution in [2.45, 2.75) is 48.0 Å². The average molecular weight is 325 g/mol. The molecule has 0 radical (unpaired) electrons. The summed E-state index contributed by atoms with van der Waals surface area (Å²) in [5.41, 5.74) is 0. The van der Waals surface area contributed by atoms with Crippen molar-refractivity contribution < 1.29 is 4.74 Å². The van der Waals surface area contributed by atoms with E-state index < -0.39 is 0 Å². The molecule has 21 heavy (non-hydrogen) atoms. The molecule has 4 rings (SSSR count). The lowest BCUT2D eigenvalue weighted by Gasteiger charge is -2.07. The van der Waals surface area contributed by atoms with Gasteiger partial charge in [-0.3, -0.25) is 0 Å². The summed E-state index contributed by atoms with van der Waals surface area (Å²) in [5.74, 6) is 1.68. The van der Waals surface area contributed by atoms with Gasteiger partial charge < -0.3 is 9.30 Å². The predicted octanol–water partition coefficient (Wildman–Crippen LogP) is 2.49. The molecule has 2 fully saturated rings. The molecule has 2 heterocycles. The number of methoxy groups -OCH3 is 1. The number of hydrogen-bond acceptors (Lipinski definition) is 7. The summed E-state index contributed by atoms with van der Waals surface area (Å²) in [4.78, 5) is 12.2. The van der Waals surface area contributed by atoms with Crippen LogP contribution in [-0.4, -0.2) is 36.8 Å². The van der Waals surface area contributed by atoms with Gasteiger partial charge in [-0.2, -0.15) is 15.0 Å². The zero-order valence-corrected chi connectivity index (χ0v) is 12.9. The van der Waals surface area contributed by atoms with Crippen LogP contribution in [-0.2, 0) is 0 Å². The highest BCUT2D eigenvalue weighted by Crippen LogP contribution is 2.46. The minimum absolute atomic E-state index is 0.115. The Balaban J connectivity index is 1.66. The molecule has 0 bridgehead atoms. The molecule has 2 aromatic heterocycles. The summed E-state index contributed by atoms with van der Waals surface area (Å²) in [6, 6.07) is 0.731. The molecule has 0 atom stereocenters. The number of halogens is 1. The van der Waals surface area contributed by atoms with E-state index in [1.165, 1.54) is 44.6 Å². The largest absolute Gasteiger partial charge is 0.467 e. The third kappa shape index (κ3) is 2.69. The summed E-state index contributed by atoms with van der Waals surface area (Å²) in [6.45, 7) is 0. The summed E-state index contributed by atoms with van der Waals surface area (Å²) in [5, 5.41) is 10.1. The topological polar surface area (TPSA) is 78.6 Å². The first-order valence-corrected chi connectivity index (χ1v) is 8.02. The van der Waals surface area contributed by atoms with E-state index in [-0.39, 0.29) is 11.3 Å². The Hall–Kier alpha value is -1.41. The zero-order chi connectivity index (χ0) is 14.4. The van der Waals surface area contributed by atoms with E-state index in [4.69, 9.17) is 16.3 Å². The average Bonchev–Trinajstić information content (AvgIpc) is 3.37. The van der Waals surface area contributed by atoms with E-state index in [0.717, 1.165) is 11.0 Å². The van der Waals surface area contributed by atoms with Gasteiger partial charge >= 0.3 is 6.01 Å². The van der Waals surface area contributed by atoms with Crippen molar-refractivity contribution >= 4 is 23.4 Å². The molecule has 2 aliphatic carbocycles. The molecule has 0 spiro atoms. The van der Waals surface area contributed by atoms with Gasteiger partial charge in [0.1, 0.15) is 5.82 Å². The number of aromatic nitrogens is 6. The lowest BCUT2D eigenvalue weighted by molar-refractivity contribution is 0.373. The SMILES string of the molecule is COc1nc(Cl)nc(Sc2nnc(C3CC3)n2C2CC2)n1. The first-order valence-electron chi connectivity index (χ1n) is 6.83.